The normalized spacial score (nSPS) is 16.2. The van der Waals surface area contributed by atoms with Crippen molar-refractivity contribution in [1.29, 1.82) is 0 Å². The van der Waals surface area contributed by atoms with Crippen molar-refractivity contribution in [2.45, 2.75) is 18.2 Å². The molecular formula is C22H23N3O5S3. The van der Waals surface area contributed by atoms with Crippen molar-refractivity contribution in [3.63, 3.8) is 0 Å². The summed E-state index contributed by atoms with van der Waals surface area (Å²) in [5.74, 6) is 1.77. The van der Waals surface area contributed by atoms with Gasteiger partial charge in [0.05, 0.1) is 10.6 Å². The average molecular weight is 506 g/mol. The number of fused-ring (bicyclic) bond motifs is 1. The number of sulfonamides is 1. The van der Waals surface area contributed by atoms with Gasteiger partial charge in [-0.15, -0.1) is 11.3 Å². The number of thiazole rings is 1. The van der Waals surface area contributed by atoms with Crippen LogP contribution in [0.15, 0.2) is 46.7 Å². The predicted molar refractivity (Wildman–Crippen MR) is 129 cm³/mol. The van der Waals surface area contributed by atoms with E-state index in [1.54, 1.807) is 23.5 Å². The second-order valence-corrected chi connectivity index (χ2v) is 10.9. The number of aryl methyl sites for hydroxylation is 1. The van der Waals surface area contributed by atoms with Gasteiger partial charge in [0, 0.05) is 57.0 Å². The molecule has 0 amide bonds. The Hall–Kier alpha value is -2.47. The van der Waals surface area contributed by atoms with E-state index in [0.29, 0.717) is 44.1 Å². The van der Waals surface area contributed by atoms with Crippen LogP contribution >= 0.6 is 24.2 Å². The number of hydrogen-bond acceptors (Lipinski definition) is 9. The minimum atomic E-state index is -3.60. The largest absolute Gasteiger partial charge is 0.454 e. The number of piperazine rings is 1. The first kappa shape index (κ1) is 22.3. The summed E-state index contributed by atoms with van der Waals surface area (Å²) in [6.45, 7) is 4.04. The molecule has 0 unspecified atom stereocenters. The molecule has 1 aromatic heterocycles. The molecule has 2 aliphatic rings. The molecule has 2 aromatic carbocycles. The van der Waals surface area contributed by atoms with Gasteiger partial charge in [-0.05, 0) is 36.2 Å². The third-order valence-corrected chi connectivity index (χ3v) is 8.81. The number of thiol groups is 1. The van der Waals surface area contributed by atoms with Crippen LogP contribution in [-0.2, 0) is 16.4 Å². The summed E-state index contributed by atoms with van der Waals surface area (Å²) in [6, 6.07) is 10.8. The van der Waals surface area contributed by atoms with Crippen LogP contribution in [0.25, 0.3) is 0 Å². The number of rotatable bonds is 6. The second-order valence-electron chi connectivity index (χ2n) is 7.90. The second kappa shape index (κ2) is 9.05. The molecule has 174 valence electrons. The summed E-state index contributed by atoms with van der Waals surface area (Å²) in [7, 11) is -3.60. The summed E-state index contributed by atoms with van der Waals surface area (Å²) in [4.78, 5) is 7.14. The van der Waals surface area contributed by atoms with Gasteiger partial charge >= 0.3 is 0 Å². The lowest BCUT2D eigenvalue weighted by Crippen LogP contribution is -2.48. The monoisotopic (exact) mass is 505 g/mol. The van der Waals surface area contributed by atoms with E-state index in [9.17, 15) is 8.42 Å². The summed E-state index contributed by atoms with van der Waals surface area (Å²) in [5, 5.41) is 2.95. The Labute approximate surface area is 202 Å². The highest BCUT2D eigenvalue weighted by Crippen LogP contribution is 2.35. The first-order chi connectivity index (χ1) is 15.9. The zero-order valence-electron chi connectivity index (χ0n) is 17.9. The Bertz CT molecular complexity index is 1270. The van der Waals surface area contributed by atoms with Crippen LogP contribution in [-0.4, -0.2) is 50.7 Å². The molecule has 0 spiro atoms. The Morgan fingerprint density at radius 2 is 1.88 bits per heavy atom. The summed E-state index contributed by atoms with van der Waals surface area (Å²) in [5.41, 5.74) is 3.10. The van der Waals surface area contributed by atoms with E-state index < -0.39 is 10.0 Å². The quantitative estimate of drug-likeness (QED) is 0.406. The molecule has 0 bridgehead atoms. The van der Waals surface area contributed by atoms with Crippen LogP contribution in [0.2, 0.25) is 0 Å². The highest BCUT2D eigenvalue weighted by molar-refractivity contribution is 7.89. The molecule has 0 radical (unpaired) electrons. The molecule has 1 saturated heterocycles. The fourth-order valence-corrected chi connectivity index (χ4v) is 6.40. The summed E-state index contributed by atoms with van der Waals surface area (Å²) < 4.78 is 43.4. The molecule has 0 atom stereocenters. The number of anilines is 1. The fraction of sp³-hybridized carbons (Fsp3) is 0.318. The molecule has 0 saturated carbocycles. The molecule has 0 aliphatic carbocycles. The van der Waals surface area contributed by atoms with Gasteiger partial charge in [-0.2, -0.15) is 4.31 Å². The molecule has 3 heterocycles. The topological polar surface area (TPSA) is 81.2 Å². The maximum Gasteiger partial charge on any atom is 0.243 e. The van der Waals surface area contributed by atoms with E-state index in [4.69, 9.17) is 18.6 Å². The van der Waals surface area contributed by atoms with Crippen LogP contribution in [0.5, 0.6) is 17.2 Å². The van der Waals surface area contributed by atoms with Crippen molar-refractivity contribution in [1.82, 2.24) is 9.29 Å². The van der Waals surface area contributed by atoms with Crippen LogP contribution in [0.4, 0.5) is 5.13 Å². The molecule has 3 aromatic rings. The number of hydrogen-bond donors (Lipinski definition) is 1. The van der Waals surface area contributed by atoms with E-state index in [1.165, 1.54) is 10.4 Å². The van der Waals surface area contributed by atoms with Crippen molar-refractivity contribution in [3.05, 3.63) is 58.6 Å². The molecule has 5 rings (SSSR count). The van der Waals surface area contributed by atoms with Gasteiger partial charge in [-0.3, -0.25) is 0 Å². The van der Waals surface area contributed by atoms with Crippen molar-refractivity contribution in [3.8, 4) is 17.2 Å². The van der Waals surface area contributed by atoms with Gasteiger partial charge in [0.15, 0.2) is 16.6 Å². The SMILES string of the molecule is Cc1ccc(Cc2csc(N3CCN(S(=O)(=O)c4ccc5c(c4)OCO5)CC3)n2)cc1OS. The maximum atomic E-state index is 13.1. The smallest absolute Gasteiger partial charge is 0.243 e. The Morgan fingerprint density at radius 3 is 2.67 bits per heavy atom. The fourth-order valence-electron chi connectivity index (χ4n) is 3.89. The molecule has 0 N–H and O–H groups in total. The van der Waals surface area contributed by atoms with Crippen LogP contribution < -0.4 is 18.6 Å². The third kappa shape index (κ3) is 4.50. The Balaban J connectivity index is 1.23. The Kier molecular flexibility index (Phi) is 6.12. The van der Waals surface area contributed by atoms with E-state index in [1.807, 2.05) is 24.4 Å². The number of ether oxygens (including phenoxy) is 2. The number of benzene rings is 2. The molecule has 8 nitrogen and oxygen atoms in total. The molecule has 1 fully saturated rings. The highest BCUT2D eigenvalue weighted by Gasteiger charge is 2.30. The third-order valence-electron chi connectivity index (χ3n) is 5.77. The van der Waals surface area contributed by atoms with Gasteiger partial charge in [-0.1, -0.05) is 12.1 Å². The lowest BCUT2D eigenvalue weighted by atomic mass is 10.1. The van der Waals surface area contributed by atoms with Crippen molar-refractivity contribution < 1.29 is 22.1 Å². The van der Waals surface area contributed by atoms with E-state index in [2.05, 4.69) is 23.9 Å². The van der Waals surface area contributed by atoms with Gasteiger partial charge in [-0.25, -0.2) is 13.4 Å². The predicted octanol–water partition coefficient (Wildman–Crippen LogP) is 3.51. The molecule has 11 heteroatoms. The van der Waals surface area contributed by atoms with Crippen molar-refractivity contribution >= 4 is 39.4 Å². The Morgan fingerprint density at radius 1 is 1.09 bits per heavy atom. The number of aromatic nitrogens is 1. The lowest BCUT2D eigenvalue weighted by molar-refractivity contribution is 0.174. The van der Waals surface area contributed by atoms with E-state index in [0.717, 1.165) is 27.7 Å². The standard InChI is InChI=1S/C22H23N3O5S3/c1-15-2-3-16(11-20(15)30-31)10-17-13-32-22(23-17)24-6-8-25(9-7-24)33(26,27)18-4-5-19-21(12-18)29-14-28-19/h2-5,11-13,31H,6-10,14H2,1H3. The minimum Gasteiger partial charge on any atom is -0.454 e. The zero-order chi connectivity index (χ0) is 23.0. The lowest BCUT2D eigenvalue weighted by Gasteiger charge is -2.33. The average Bonchev–Trinajstić information content (AvgIpc) is 3.49. The van der Waals surface area contributed by atoms with Crippen LogP contribution in [0.3, 0.4) is 0 Å². The summed E-state index contributed by atoms with van der Waals surface area (Å²) in [6.07, 6.45) is 0.694. The highest BCUT2D eigenvalue weighted by atomic mass is 32.2. The summed E-state index contributed by atoms with van der Waals surface area (Å²) >= 11 is 5.49. The maximum absolute atomic E-state index is 13.1. The first-order valence-corrected chi connectivity index (χ1v) is 13.1. The van der Waals surface area contributed by atoms with Crippen LogP contribution in [0, 0.1) is 6.92 Å². The molecule has 33 heavy (non-hydrogen) atoms. The van der Waals surface area contributed by atoms with Gasteiger partial charge in [0.2, 0.25) is 16.8 Å². The first-order valence-electron chi connectivity index (χ1n) is 10.4. The molecule has 2 aliphatic heterocycles. The number of nitrogens with zero attached hydrogens (tertiary/aromatic N) is 3. The minimum absolute atomic E-state index is 0.112. The van der Waals surface area contributed by atoms with E-state index in [-0.39, 0.29) is 11.7 Å². The van der Waals surface area contributed by atoms with Crippen LogP contribution in [0.1, 0.15) is 16.8 Å². The van der Waals surface area contributed by atoms with Crippen molar-refractivity contribution in [2.24, 2.45) is 0 Å². The van der Waals surface area contributed by atoms with Gasteiger partial charge in [0.25, 0.3) is 0 Å². The molecular weight excluding hydrogens is 482 g/mol. The van der Waals surface area contributed by atoms with Gasteiger partial charge in [0.1, 0.15) is 5.75 Å². The van der Waals surface area contributed by atoms with Gasteiger partial charge < -0.3 is 18.6 Å². The zero-order valence-corrected chi connectivity index (χ0v) is 20.5. The van der Waals surface area contributed by atoms with E-state index >= 15 is 0 Å². The van der Waals surface area contributed by atoms with Crippen molar-refractivity contribution in [2.75, 3.05) is 37.9 Å².